The van der Waals surface area contributed by atoms with Gasteiger partial charge < -0.3 is 0 Å². The van der Waals surface area contributed by atoms with E-state index in [2.05, 4.69) is 83.5 Å². The summed E-state index contributed by atoms with van der Waals surface area (Å²) in [6.45, 7) is 2.16. The van der Waals surface area contributed by atoms with Crippen LogP contribution in [-0.2, 0) is 0 Å². The lowest BCUT2D eigenvalue weighted by Crippen LogP contribution is -1.85. The normalized spacial score (nSPS) is 10.8. The van der Waals surface area contributed by atoms with E-state index >= 15 is 0 Å². The van der Waals surface area contributed by atoms with Gasteiger partial charge >= 0.3 is 0 Å². The summed E-state index contributed by atoms with van der Waals surface area (Å²) in [5, 5.41) is 2.59. The van der Waals surface area contributed by atoms with Gasteiger partial charge in [0.2, 0.25) is 0 Å². The Morgan fingerprint density at radius 3 is 2.44 bits per heavy atom. The Morgan fingerprint density at radius 1 is 0.778 bits per heavy atom. The first-order valence-corrected chi connectivity index (χ1v) is 6.79. The highest BCUT2D eigenvalue weighted by molar-refractivity contribution is 9.10. The molecule has 0 aliphatic heterocycles. The minimum Gasteiger partial charge on any atom is -0.0616 e. The molecule has 0 unspecified atom stereocenters. The van der Waals surface area contributed by atoms with Gasteiger partial charge in [0.15, 0.2) is 0 Å². The number of fused-ring (bicyclic) bond motifs is 1. The first-order chi connectivity index (χ1) is 8.75. The standard InChI is InChI=1S/C17H13Br/c1-12-9-10-14(18)11-17(12)16-8-4-6-13-5-2-3-7-15(13)16/h2-11H,1H3. The number of hydrogen-bond donors (Lipinski definition) is 0. The highest BCUT2D eigenvalue weighted by Gasteiger charge is 2.06. The lowest BCUT2D eigenvalue weighted by atomic mass is 9.95. The van der Waals surface area contributed by atoms with Gasteiger partial charge in [-0.2, -0.15) is 0 Å². The fourth-order valence-electron chi connectivity index (χ4n) is 2.34. The molecule has 0 saturated heterocycles. The van der Waals surface area contributed by atoms with Crippen molar-refractivity contribution in [2.75, 3.05) is 0 Å². The lowest BCUT2D eigenvalue weighted by molar-refractivity contribution is 1.45. The van der Waals surface area contributed by atoms with Gasteiger partial charge in [0.05, 0.1) is 0 Å². The summed E-state index contributed by atoms with van der Waals surface area (Å²) in [7, 11) is 0. The van der Waals surface area contributed by atoms with Crippen molar-refractivity contribution in [3.8, 4) is 11.1 Å². The maximum Gasteiger partial charge on any atom is 0.0181 e. The minimum atomic E-state index is 1.12. The van der Waals surface area contributed by atoms with Gasteiger partial charge in [-0.15, -0.1) is 0 Å². The Morgan fingerprint density at radius 2 is 1.56 bits per heavy atom. The summed E-state index contributed by atoms with van der Waals surface area (Å²) < 4.78 is 1.12. The number of aryl methyl sites for hydroxylation is 1. The number of rotatable bonds is 1. The molecule has 0 N–H and O–H groups in total. The molecular weight excluding hydrogens is 284 g/mol. The van der Waals surface area contributed by atoms with Crippen LogP contribution in [0, 0.1) is 6.92 Å². The molecule has 0 saturated carbocycles. The van der Waals surface area contributed by atoms with E-state index < -0.39 is 0 Å². The second-order valence-corrected chi connectivity index (χ2v) is 5.40. The Balaban J connectivity index is 2.35. The predicted octanol–water partition coefficient (Wildman–Crippen LogP) is 5.58. The molecule has 0 nitrogen and oxygen atoms in total. The molecule has 0 radical (unpaired) electrons. The number of hydrogen-bond acceptors (Lipinski definition) is 0. The third kappa shape index (κ3) is 1.95. The zero-order chi connectivity index (χ0) is 12.5. The molecule has 0 amide bonds. The zero-order valence-corrected chi connectivity index (χ0v) is 11.7. The molecule has 0 bridgehead atoms. The molecule has 88 valence electrons. The highest BCUT2D eigenvalue weighted by Crippen LogP contribution is 2.32. The maximum atomic E-state index is 3.56. The van der Waals surface area contributed by atoms with E-state index in [4.69, 9.17) is 0 Å². The molecule has 0 atom stereocenters. The average Bonchev–Trinajstić information content (AvgIpc) is 2.41. The monoisotopic (exact) mass is 296 g/mol. The first kappa shape index (κ1) is 11.5. The Hall–Kier alpha value is -1.60. The smallest absolute Gasteiger partial charge is 0.0181 e. The van der Waals surface area contributed by atoms with E-state index in [1.807, 2.05) is 0 Å². The highest BCUT2D eigenvalue weighted by atomic mass is 79.9. The van der Waals surface area contributed by atoms with Crippen molar-refractivity contribution in [2.45, 2.75) is 6.92 Å². The van der Waals surface area contributed by atoms with Crippen molar-refractivity contribution in [3.63, 3.8) is 0 Å². The lowest BCUT2D eigenvalue weighted by Gasteiger charge is -2.10. The van der Waals surface area contributed by atoms with Crippen LogP contribution in [0.2, 0.25) is 0 Å². The van der Waals surface area contributed by atoms with E-state index in [1.165, 1.54) is 27.5 Å². The van der Waals surface area contributed by atoms with E-state index in [-0.39, 0.29) is 0 Å². The quantitative estimate of drug-likeness (QED) is 0.550. The molecule has 3 aromatic carbocycles. The van der Waals surface area contributed by atoms with E-state index in [0.29, 0.717) is 0 Å². The van der Waals surface area contributed by atoms with Crippen molar-refractivity contribution in [1.29, 1.82) is 0 Å². The van der Waals surface area contributed by atoms with E-state index in [0.717, 1.165) is 4.47 Å². The van der Waals surface area contributed by atoms with Crippen molar-refractivity contribution in [2.24, 2.45) is 0 Å². The van der Waals surface area contributed by atoms with Crippen LogP contribution in [0.4, 0.5) is 0 Å². The molecule has 0 fully saturated rings. The largest absolute Gasteiger partial charge is 0.0616 e. The molecule has 0 heterocycles. The molecule has 18 heavy (non-hydrogen) atoms. The van der Waals surface area contributed by atoms with E-state index in [9.17, 15) is 0 Å². The maximum absolute atomic E-state index is 3.56. The molecule has 3 aromatic rings. The van der Waals surface area contributed by atoms with Gasteiger partial charge in [0.1, 0.15) is 0 Å². The van der Waals surface area contributed by atoms with Crippen LogP contribution >= 0.6 is 15.9 Å². The van der Waals surface area contributed by atoms with Crippen LogP contribution in [0.5, 0.6) is 0 Å². The Kier molecular flexibility index (Phi) is 2.92. The fraction of sp³-hybridized carbons (Fsp3) is 0.0588. The number of halogens is 1. The summed E-state index contributed by atoms with van der Waals surface area (Å²) in [4.78, 5) is 0. The third-order valence-corrected chi connectivity index (χ3v) is 3.77. The molecular formula is C17H13Br. The van der Waals surface area contributed by atoms with Gasteiger partial charge in [0.25, 0.3) is 0 Å². The summed E-state index contributed by atoms with van der Waals surface area (Å²) in [5.74, 6) is 0. The summed E-state index contributed by atoms with van der Waals surface area (Å²) >= 11 is 3.56. The molecule has 0 aliphatic carbocycles. The van der Waals surface area contributed by atoms with Crippen molar-refractivity contribution in [3.05, 3.63) is 70.7 Å². The SMILES string of the molecule is Cc1ccc(Br)cc1-c1cccc2ccccc12. The van der Waals surface area contributed by atoms with Gasteiger partial charge in [-0.3, -0.25) is 0 Å². The molecule has 0 spiro atoms. The van der Waals surface area contributed by atoms with Gasteiger partial charge in [-0.1, -0.05) is 64.5 Å². The molecule has 1 heteroatoms. The Bertz CT molecular complexity index is 708. The van der Waals surface area contributed by atoms with Gasteiger partial charge in [-0.05, 0) is 46.5 Å². The topological polar surface area (TPSA) is 0 Å². The van der Waals surface area contributed by atoms with Crippen LogP contribution in [0.25, 0.3) is 21.9 Å². The van der Waals surface area contributed by atoms with Crippen LogP contribution in [-0.4, -0.2) is 0 Å². The predicted molar refractivity (Wildman–Crippen MR) is 81.8 cm³/mol. The summed E-state index contributed by atoms with van der Waals surface area (Å²) in [5.41, 5.74) is 3.89. The third-order valence-electron chi connectivity index (χ3n) is 3.28. The summed E-state index contributed by atoms with van der Waals surface area (Å²) in [6, 6.07) is 21.4. The van der Waals surface area contributed by atoms with Crippen LogP contribution in [0.15, 0.2) is 65.1 Å². The zero-order valence-electron chi connectivity index (χ0n) is 10.2. The van der Waals surface area contributed by atoms with E-state index in [1.54, 1.807) is 0 Å². The van der Waals surface area contributed by atoms with Crippen molar-refractivity contribution < 1.29 is 0 Å². The molecule has 0 aromatic heterocycles. The van der Waals surface area contributed by atoms with Gasteiger partial charge in [-0.25, -0.2) is 0 Å². The second kappa shape index (κ2) is 4.58. The average molecular weight is 297 g/mol. The van der Waals surface area contributed by atoms with Gasteiger partial charge in [0, 0.05) is 4.47 Å². The molecule has 0 aliphatic rings. The summed E-state index contributed by atoms with van der Waals surface area (Å²) in [6.07, 6.45) is 0. The van der Waals surface area contributed by atoms with Crippen molar-refractivity contribution in [1.82, 2.24) is 0 Å². The van der Waals surface area contributed by atoms with Crippen molar-refractivity contribution >= 4 is 26.7 Å². The minimum absolute atomic E-state index is 1.12. The Labute approximate surface area is 115 Å². The molecule has 3 rings (SSSR count). The fourth-order valence-corrected chi connectivity index (χ4v) is 2.71. The van der Waals surface area contributed by atoms with Crippen LogP contribution in [0.1, 0.15) is 5.56 Å². The first-order valence-electron chi connectivity index (χ1n) is 6.00. The van der Waals surface area contributed by atoms with Crippen LogP contribution in [0.3, 0.4) is 0 Å². The van der Waals surface area contributed by atoms with Crippen LogP contribution < -0.4 is 0 Å². The number of benzene rings is 3. The second-order valence-electron chi connectivity index (χ2n) is 4.49.